The zero-order valence-electron chi connectivity index (χ0n) is 11.0. The van der Waals surface area contributed by atoms with Crippen LogP contribution in [-0.4, -0.2) is 31.3 Å². The van der Waals surface area contributed by atoms with E-state index in [1.165, 1.54) is 0 Å². The van der Waals surface area contributed by atoms with E-state index in [9.17, 15) is 4.79 Å². The third-order valence-corrected chi connectivity index (χ3v) is 2.56. The van der Waals surface area contributed by atoms with Crippen LogP contribution in [0.1, 0.15) is 32.3 Å². The van der Waals surface area contributed by atoms with Gasteiger partial charge in [0.05, 0.1) is 0 Å². The van der Waals surface area contributed by atoms with Gasteiger partial charge in [0, 0.05) is 12.0 Å². The molecule has 0 saturated heterocycles. The Labute approximate surface area is 99.3 Å². The average molecular weight is 221 g/mol. The fourth-order valence-corrected chi connectivity index (χ4v) is 0.835. The summed E-state index contributed by atoms with van der Waals surface area (Å²) >= 11 is 0. The molecule has 2 heteroatoms. The van der Waals surface area contributed by atoms with Gasteiger partial charge in [-0.2, -0.15) is 0 Å². The molecule has 0 aromatic heterocycles. The van der Waals surface area contributed by atoms with E-state index in [2.05, 4.69) is 32.8 Å². The summed E-state index contributed by atoms with van der Waals surface area (Å²) in [4.78, 5) is 12.5. The quantitative estimate of drug-likeness (QED) is 0.731. The van der Waals surface area contributed by atoms with E-state index in [4.69, 9.17) is 0 Å². The van der Waals surface area contributed by atoms with Crippen molar-refractivity contribution in [1.29, 1.82) is 0 Å². The Morgan fingerprint density at radius 1 is 1.06 bits per heavy atom. The molecule has 1 aromatic carbocycles. The maximum atomic E-state index is 10.3. The molecule has 2 nitrogen and oxygen atoms in total. The van der Waals surface area contributed by atoms with Gasteiger partial charge in [-0.15, -0.1) is 0 Å². The normalized spacial score (nSPS) is 11.9. The number of nitrogens with zero attached hydrogens (tertiary/aromatic N) is 1. The molecular weight excluding hydrogens is 198 g/mol. The van der Waals surface area contributed by atoms with E-state index in [0.29, 0.717) is 6.04 Å². The molecule has 1 aromatic rings. The summed E-state index contributed by atoms with van der Waals surface area (Å²) in [5.74, 6) is 0.0289. The summed E-state index contributed by atoms with van der Waals surface area (Å²) in [6.07, 6.45) is 0.954. The van der Waals surface area contributed by atoms with Gasteiger partial charge in [0.25, 0.3) is 0 Å². The van der Waals surface area contributed by atoms with Crippen LogP contribution in [0, 0.1) is 0 Å². The zero-order valence-corrected chi connectivity index (χ0v) is 11.0. The highest BCUT2D eigenvalue weighted by Gasteiger charge is 1.99. The Morgan fingerprint density at radius 2 is 1.50 bits per heavy atom. The van der Waals surface area contributed by atoms with Gasteiger partial charge in [0.1, 0.15) is 6.29 Å². The lowest BCUT2D eigenvalue weighted by molar-refractivity contribution is -0.108. The summed E-state index contributed by atoms with van der Waals surface area (Å²) in [7, 11) is 4.15. The van der Waals surface area contributed by atoms with Crippen LogP contribution in [0.2, 0.25) is 0 Å². The second-order valence-corrected chi connectivity index (χ2v) is 4.39. The Kier molecular flexibility index (Phi) is 7.48. The molecule has 90 valence electrons. The van der Waals surface area contributed by atoms with Crippen molar-refractivity contribution in [2.24, 2.45) is 0 Å². The molecule has 0 bridgehead atoms. The first-order chi connectivity index (χ1) is 7.49. The Hall–Kier alpha value is -1.15. The van der Waals surface area contributed by atoms with E-state index >= 15 is 0 Å². The van der Waals surface area contributed by atoms with E-state index in [1.54, 1.807) is 0 Å². The number of rotatable bonds is 3. The molecule has 0 aliphatic rings. The van der Waals surface area contributed by atoms with E-state index in [-0.39, 0.29) is 5.92 Å². The Balaban J connectivity index is 0.000000325. The lowest BCUT2D eigenvalue weighted by Crippen LogP contribution is -2.20. The maximum Gasteiger partial charge on any atom is 0.127 e. The predicted molar refractivity (Wildman–Crippen MR) is 69.7 cm³/mol. The summed E-state index contributed by atoms with van der Waals surface area (Å²) in [5.41, 5.74) is 1.08. The Bertz CT molecular complexity index is 274. The summed E-state index contributed by atoms with van der Waals surface area (Å²) in [6.45, 7) is 6.22. The highest BCUT2D eigenvalue weighted by molar-refractivity contribution is 5.61. The third kappa shape index (κ3) is 6.36. The van der Waals surface area contributed by atoms with Gasteiger partial charge in [-0.1, -0.05) is 37.3 Å². The van der Waals surface area contributed by atoms with Crippen molar-refractivity contribution >= 4 is 6.29 Å². The SMILES string of the molecule is CC(C)N(C)C.C[C@@H](C=O)c1ccccc1. The van der Waals surface area contributed by atoms with Crippen LogP contribution in [0.15, 0.2) is 30.3 Å². The molecule has 1 rings (SSSR count). The van der Waals surface area contributed by atoms with E-state index in [1.807, 2.05) is 37.3 Å². The second-order valence-electron chi connectivity index (χ2n) is 4.39. The third-order valence-electron chi connectivity index (χ3n) is 2.56. The monoisotopic (exact) mass is 221 g/mol. The van der Waals surface area contributed by atoms with Crippen LogP contribution in [0.25, 0.3) is 0 Å². The maximum absolute atomic E-state index is 10.3. The zero-order chi connectivity index (χ0) is 12.6. The van der Waals surface area contributed by atoms with Crippen molar-refractivity contribution in [2.45, 2.75) is 32.7 Å². The summed E-state index contributed by atoms with van der Waals surface area (Å²) in [5, 5.41) is 0. The molecule has 0 fully saturated rings. The van der Waals surface area contributed by atoms with Gasteiger partial charge in [-0.3, -0.25) is 0 Å². The number of hydrogen-bond acceptors (Lipinski definition) is 2. The highest BCUT2D eigenvalue weighted by atomic mass is 16.1. The van der Waals surface area contributed by atoms with Gasteiger partial charge in [0.15, 0.2) is 0 Å². The number of aldehydes is 1. The van der Waals surface area contributed by atoms with Crippen LogP contribution < -0.4 is 0 Å². The molecule has 0 aliphatic carbocycles. The first-order valence-corrected chi connectivity index (χ1v) is 5.65. The minimum absolute atomic E-state index is 0.0289. The minimum atomic E-state index is 0.0289. The molecule has 0 amide bonds. The van der Waals surface area contributed by atoms with Crippen molar-refractivity contribution in [2.75, 3.05) is 14.1 Å². The number of benzene rings is 1. The molecule has 0 heterocycles. The number of carbonyl (C=O) groups is 1. The smallest absolute Gasteiger partial charge is 0.127 e. The van der Waals surface area contributed by atoms with Crippen LogP contribution in [0.4, 0.5) is 0 Å². The van der Waals surface area contributed by atoms with Crippen LogP contribution >= 0.6 is 0 Å². The molecular formula is C14H23NO. The van der Waals surface area contributed by atoms with Crippen LogP contribution in [-0.2, 0) is 4.79 Å². The fraction of sp³-hybridized carbons (Fsp3) is 0.500. The van der Waals surface area contributed by atoms with Crippen LogP contribution in [0.5, 0.6) is 0 Å². The van der Waals surface area contributed by atoms with Crippen molar-refractivity contribution in [3.63, 3.8) is 0 Å². The molecule has 0 aliphatic heterocycles. The first kappa shape index (κ1) is 14.8. The molecule has 0 spiro atoms. The van der Waals surface area contributed by atoms with Crippen LogP contribution in [0.3, 0.4) is 0 Å². The largest absolute Gasteiger partial charge is 0.307 e. The summed E-state index contributed by atoms with van der Waals surface area (Å²) in [6, 6.07) is 10.4. The molecule has 0 saturated carbocycles. The average Bonchev–Trinajstić information content (AvgIpc) is 2.30. The van der Waals surface area contributed by atoms with Gasteiger partial charge in [0.2, 0.25) is 0 Å². The molecule has 0 radical (unpaired) electrons. The van der Waals surface area contributed by atoms with Crippen molar-refractivity contribution < 1.29 is 4.79 Å². The molecule has 16 heavy (non-hydrogen) atoms. The van der Waals surface area contributed by atoms with E-state index < -0.39 is 0 Å². The van der Waals surface area contributed by atoms with Crippen molar-refractivity contribution in [3.05, 3.63) is 35.9 Å². The molecule has 0 N–H and O–H groups in total. The standard InChI is InChI=1S/C9H10O.C5H13N/c1-8(7-10)9-5-3-2-4-6-9;1-5(2)6(3)4/h2-8H,1H3;5H,1-4H3/t8-;/m0./s1. The minimum Gasteiger partial charge on any atom is -0.307 e. The van der Waals surface area contributed by atoms with Gasteiger partial charge >= 0.3 is 0 Å². The molecule has 1 atom stereocenters. The number of hydrogen-bond donors (Lipinski definition) is 0. The second kappa shape index (κ2) is 8.05. The Morgan fingerprint density at radius 3 is 1.81 bits per heavy atom. The first-order valence-electron chi connectivity index (χ1n) is 5.65. The topological polar surface area (TPSA) is 20.3 Å². The molecule has 0 unspecified atom stereocenters. The van der Waals surface area contributed by atoms with Gasteiger partial charge in [-0.25, -0.2) is 0 Å². The van der Waals surface area contributed by atoms with E-state index in [0.717, 1.165) is 11.8 Å². The highest BCUT2D eigenvalue weighted by Crippen LogP contribution is 2.10. The fourth-order valence-electron chi connectivity index (χ4n) is 0.835. The van der Waals surface area contributed by atoms with Crippen molar-refractivity contribution in [1.82, 2.24) is 4.90 Å². The summed E-state index contributed by atoms with van der Waals surface area (Å²) < 4.78 is 0. The van der Waals surface area contributed by atoms with Gasteiger partial charge in [-0.05, 0) is 33.5 Å². The lowest BCUT2D eigenvalue weighted by Gasteiger charge is -2.12. The van der Waals surface area contributed by atoms with Crippen molar-refractivity contribution in [3.8, 4) is 0 Å². The van der Waals surface area contributed by atoms with Gasteiger partial charge < -0.3 is 9.69 Å². The predicted octanol–water partition coefficient (Wildman–Crippen LogP) is 2.95. The lowest BCUT2D eigenvalue weighted by atomic mass is 10.0. The number of carbonyl (C=O) groups excluding carboxylic acids is 1.